The van der Waals surface area contributed by atoms with Gasteiger partial charge in [-0.1, -0.05) is 68.4 Å². The molecule has 0 bridgehead atoms. The lowest BCUT2D eigenvalue weighted by molar-refractivity contribution is -0.143. The number of esters is 1. The number of carbonyl (C=O) groups excluding carboxylic acids is 4. The summed E-state index contributed by atoms with van der Waals surface area (Å²) < 4.78 is 7.05. The third-order valence-electron chi connectivity index (χ3n) is 13.1. The van der Waals surface area contributed by atoms with Gasteiger partial charge in [0.1, 0.15) is 29.0 Å². The van der Waals surface area contributed by atoms with Gasteiger partial charge in [-0.3, -0.25) is 28.7 Å². The molecule has 3 aliphatic rings. The van der Waals surface area contributed by atoms with E-state index >= 15 is 0 Å². The van der Waals surface area contributed by atoms with E-state index in [9.17, 15) is 24.3 Å². The van der Waals surface area contributed by atoms with Crippen LogP contribution in [0.5, 0.6) is 0 Å². The van der Waals surface area contributed by atoms with Crippen molar-refractivity contribution >= 4 is 52.1 Å². The summed E-state index contributed by atoms with van der Waals surface area (Å²) in [5, 5.41) is 23.7. The number of thiophene rings is 1. The van der Waals surface area contributed by atoms with Gasteiger partial charge in [0.2, 0.25) is 11.8 Å². The van der Waals surface area contributed by atoms with Crippen molar-refractivity contribution < 1.29 is 29.0 Å². The second kappa shape index (κ2) is 17.8. The number of ether oxygens (including phenoxy) is 1. The number of methoxy groups -OCH3 is 1. The number of nitrogens with zero attached hydrogens (tertiary/aromatic N) is 7. The molecular formula is C50H52N8O6S2. The fraction of sp³-hybridized carbons (Fsp3) is 0.360. The van der Waals surface area contributed by atoms with Crippen LogP contribution in [-0.2, 0) is 25.7 Å². The summed E-state index contributed by atoms with van der Waals surface area (Å²) in [7, 11) is 1.36. The van der Waals surface area contributed by atoms with Crippen LogP contribution in [0.25, 0.3) is 26.6 Å². The fourth-order valence-electron chi connectivity index (χ4n) is 9.48. The van der Waals surface area contributed by atoms with Crippen molar-refractivity contribution in [1.82, 2.24) is 34.9 Å². The van der Waals surface area contributed by atoms with E-state index in [1.807, 2.05) is 111 Å². The first-order valence-electron chi connectivity index (χ1n) is 22.1. The lowest BCUT2D eigenvalue weighted by atomic mass is 9.96. The fourth-order valence-corrected chi connectivity index (χ4v) is 11.5. The van der Waals surface area contributed by atoms with E-state index in [0.717, 1.165) is 70.7 Å². The maximum Gasteiger partial charge on any atom is 0.308 e. The van der Waals surface area contributed by atoms with Crippen molar-refractivity contribution in [2.24, 2.45) is 10.9 Å². The van der Waals surface area contributed by atoms with Gasteiger partial charge >= 0.3 is 5.97 Å². The molecule has 9 rings (SSSR count). The first kappa shape index (κ1) is 44.8. The molecule has 0 saturated carbocycles. The van der Waals surface area contributed by atoms with Crippen LogP contribution in [0, 0.1) is 33.6 Å². The van der Waals surface area contributed by atoms with Gasteiger partial charge in [0.15, 0.2) is 5.82 Å². The van der Waals surface area contributed by atoms with Crippen molar-refractivity contribution in [2.75, 3.05) is 13.7 Å². The van der Waals surface area contributed by atoms with Crippen LogP contribution in [0.3, 0.4) is 0 Å². The average molecular weight is 925 g/mol. The predicted octanol–water partition coefficient (Wildman–Crippen LogP) is 7.63. The smallest absolute Gasteiger partial charge is 0.308 e. The van der Waals surface area contributed by atoms with Crippen molar-refractivity contribution in [3.05, 3.63) is 128 Å². The molecular weight excluding hydrogens is 873 g/mol. The molecule has 340 valence electrons. The Hall–Kier alpha value is -6.36. The number of rotatable bonds is 11. The summed E-state index contributed by atoms with van der Waals surface area (Å²) in [6, 6.07) is 19.1. The number of hydrogen-bond acceptors (Lipinski definition) is 12. The standard InChI is InChI=1S/C50H52N8O6S2/c1-25(2)44(49(63)56-23-37(59)20-40(56)47(61)52-27(4)31-9-15-34(16-10-31)45-28(5)51-24-65-45)57-22-36-19-35(17-18-38(36)48(57)62)32-11-13-33(14-12-32)43-42-26(3)29(6)66-50(42)58-30(7)54-55-46(58)39(53-43)21-41(60)64-8/h9-19,24-25,27,37,39-40,44,59H,20-23H2,1-8H3,(H,52,61)/t27-,37+,39-,40-,44-/m0/s1. The Labute approximate surface area is 391 Å². The first-order valence-corrected chi connectivity index (χ1v) is 23.8. The molecule has 0 spiro atoms. The molecule has 14 nitrogen and oxygen atoms in total. The summed E-state index contributed by atoms with van der Waals surface area (Å²) in [4.78, 5) is 70.1. The van der Waals surface area contributed by atoms with Crippen LogP contribution in [0.4, 0.5) is 0 Å². The highest BCUT2D eigenvalue weighted by Gasteiger charge is 2.46. The van der Waals surface area contributed by atoms with Crippen molar-refractivity contribution in [3.8, 4) is 26.6 Å². The molecule has 66 heavy (non-hydrogen) atoms. The van der Waals surface area contributed by atoms with Gasteiger partial charge in [-0.25, -0.2) is 4.98 Å². The monoisotopic (exact) mass is 924 g/mol. The van der Waals surface area contributed by atoms with Crippen LogP contribution in [-0.4, -0.2) is 95.9 Å². The van der Waals surface area contributed by atoms with E-state index in [4.69, 9.17) is 9.73 Å². The van der Waals surface area contributed by atoms with Crippen LogP contribution >= 0.6 is 22.7 Å². The lowest BCUT2D eigenvalue weighted by Gasteiger charge is -2.35. The number of thiazole rings is 1. The number of nitrogens with one attached hydrogen (secondary N) is 1. The Balaban J connectivity index is 0.930. The van der Waals surface area contributed by atoms with E-state index in [1.54, 1.807) is 27.6 Å². The van der Waals surface area contributed by atoms with Gasteiger partial charge < -0.3 is 25.0 Å². The largest absolute Gasteiger partial charge is 0.469 e. The average Bonchev–Trinajstić information content (AvgIpc) is 4.12. The molecule has 6 heterocycles. The minimum Gasteiger partial charge on any atom is -0.469 e. The molecule has 0 radical (unpaired) electrons. The minimum atomic E-state index is -0.893. The van der Waals surface area contributed by atoms with Gasteiger partial charge in [-0.05, 0) is 86.1 Å². The number of aliphatic hydroxyl groups is 1. The third-order valence-corrected chi connectivity index (χ3v) is 15.3. The lowest BCUT2D eigenvalue weighted by Crippen LogP contribution is -2.55. The quantitative estimate of drug-likeness (QED) is 0.124. The highest BCUT2D eigenvalue weighted by Crippen LogP contribution is 2.40. The number of benzene rings is 3. The normalized spacial score (nSPS) is 18.7. The number of likely N-dealkylation sites (tertiary alicyclic amines) is 1. The summed E-state index contributed by atoms with van der Waals surface area (Å²) in [6.07, 6.45) is -0.763. The molecule has 5 atom stereocenters. The Kier molecular flexibility index (Phi) is 12.1. The second-order valence-corrected chi connectivity index (χ2v) is 19.8. The molecule has 3 aromatic heterocycles. The number of amides is 3. The Bertz CT molecular complexity index is 2920. The number of hydrogen-bond donors (Lipinski definition) is 2. The molecule has 1 saturated heterocycles. The summed E-state index contributed by atoms with van der Waals surface area (Å²) in [6.45, 7) is 14.0. The predicted molar refractivity (Wildman–Crippen MR) is 254 cm³/mol. The van der Waals surface area contributed by atoms with E-state index in [1.165, 1.54) is 12.0 Å². The van der Waals surface area contributed by atoms with Gasteiger partial charge in [0.25, 0.3) is 5.91 Å². The van der Waals surface area contributed by atoms with Gasteiger partial charge in [-0.15, -0.1) is 32.9 Å². The number of fused-ring (bicyclic) bond motifs is 4. The number of aliphatic hydroxyl groups excluding tert-OH is 1. The molecule has 1 fully saturated rings. The molecule has 6 aromatic rings. The van der Waals surface area contributed by atoms with Gasteiger partial charge in [0, 0.05) is 41.1 Å². The van der Waals surface area contributed by atoms with Gasteiger partial charge in [0.05, 0.1) is 47.5 Å². The van der Waals surface area contributed by atoms with Crippen molar-refractivity contribution in [3.63, 3.8) is 0 Å². The van der Waals surface area contributed by atoms with Crippen LogP contribution in [0.1, 0.15) is 106 Å². The summed E-state index contributed by atoms with van der Waals surface area (Å²) in [5.41, 5.74) is 11.6. The Morgan fingerprint density at radius 1 is 0.924 bits per heavy atom. The second-order valence-electron chi connectivity index (χ2n) is 17.8. The van der Waals surface area contributed by atoms with E-state index in [0.29, 0.717) is 17.2 Å². The SMILES string of the molecule is COC(=O)C[C@@H]1N=C(c2ccc(-c3ccc4c(c3)CN([C@H](C(=O)N3C[C@H](O)C[C@H]3C(=O)N[C@@H](C)c3ccc(-c5scnc5C)cc3)C(C)C)C4=O)cc2)c2c(sc(C)c2C)-n2c(C)nnc21. The van der Waals surface area contributed by atoms with Gasteiger partial charge in [-0.2, -0.15) is 0 Å². The summed E-state index contributed by atoms with van der Waals surface area (Å²) in [5.74, 6) is -0.338. The maximum absolute atomic E-state index is 14.6. The topological polar surface area (TPSA) is 172 Å². The number of carbonyl (C=O) groups is 4. The molecule has 3 aliphatic heterocycles. The van der Waals surface area contributed by atoms with E-state index in [-0.39, 0.29) is 55.6 Å². The Morgan fingerprint density at radius 2 is 1.62 bits per heavy atom. The van der Waals surface area contributed by atoms with Crippen LogP contribution in [0.2, 0.25) is 0 Å². The van der Waals surface area contributed by atoms with Crippen molar-refractivity contribution in [2.45, 2.75) is 98.1 Å². The Morgan fingerprint density at radius 3 is 2.30 bits per heavy atom. The molecule has 0 aliphatic carbocycles. The molecule has 3 amide bonds. The number of aliphatic imine (C=N–C) groups is 1. The maximum atomic E-state index is 14.6. The molecule has 2 N–H and O–H groups in total. The zero-order chi connectivity index (χ0) is 46.7. The zero-order valence-electron chi connectivity index (χ0n) is 38.2. The van der Waals surface area contributed by atoms with Crippen molar-refractivity contribution in [1.29, 1.82) is 0 Å². The molecule has 0 unspecified atom stereocenters. The number of aryl methyl sites for hydroxylation is 3. The summed E-state index contributed by atoms with van der Waals surface area (Å²) >= 11 is 3.22. The number of aromatic nitrogens is 4. The van der Waals surface area contributed by atoms with E-state index < -0.39 is 30.2 Å². The molecule has 16 heteroatoms. The molecule has 3 aromatic carbocycles. The number of β-amino-alcohol motifs (C(OH)–C–C–N with tert-alkyl or cyclic N) is 1. The third kappa shape index (κ3) is 8.04. The van der Waals surface area contributed by atoms with Crippen LogP contribution < -0.4 is 5.32 Å². The first-order chi connectivity index (χ1) is 31.6. The zero-order valence-corrected chi connectivity index (χ0v) is 39.8. The van der Waals surface area contributed by atoms with Crippen LogP contribution in [0.15, 0.2) is 77.2 Å². The highest BCUT2D eigenvalue weighted by atomic mass is 32.1. The van der Waals surface area contributed by atoms with E-state index in [2.05, 4.69) is 34.3 Å². The highest BCUT2D eigenvalue weighted by molar-refractivity contribution is 7.15. The minimum absolute atomic E-state index is 0.00129.